The standard InChI is InChI=1S/C12H16N4O/c13-12(6-2-1-3-7-12)11-15-10(16-17-11)9-5-4-8-14-9/h4-5,8,14H,1-3,6-7,13H2. The van der Waals surface area contributed by atoms with Gasteiger partial charge < -0.3 is 15.2 Å². The second-order valence-corrected chi connectivity index (χ2v) is 4.72. The lowest BCUT2D eigenvalue weighted by molar-refractivity contribution is 0.220. The predicted molar refractivity (Wildman–Crippen MR) is 63.0 cm³/mol. The average Bonchev–Trinajstić information content (AvgIpc) is 3.01. The molecule has 1 aliphatic carbocycles. The molecular formula is C12H16N4O. The highest BCUT2D eigenvalue weighted by atomic mass is 16.5. The van der Waals surface area contributed by atoms with Crippen LogP contribution in [0.2, 0.25) is 0 Å². The molecule has 0 atom stereocenters. The number of nitrogens with two attached hydrogens (primary N) is 1. The van der Waals surface area contributed by atoms with Crippen LogP contribution in [0.3, 0.4) is 0 Å². The number of nitrogens with one attached hydrogen (secondary N) is 1. The summed E-state index contributed by atoms with van der Waals surface area (Å²) in [6.45, 7) is 0. The van der Waals surface area contributed by atoms with Crippen LogP contribution >= 0.6 is 0 Å². The van der Waals surface area contributed by atoms with Crippen molar-refractivity contribution in [3.05, 3.63) is 24.2 Å². The lowest BCUT2D eigenvalue weighted by atomic mass is 9.82. The van der Waals surface area contributed by atoms with E-state index in [0.29, 0.717) is 11.7 Å². The highest BCUT2D eigenvalue weighted by Crippen LogP contribution is 2.34. The predicted octanol–water partition coefficient (Wildman–Crippen LogP) is 2.18. The maximum absolute atomic E-state index is 6.34. The van der Waals surface area contributed by atoms with Crippen LogP contribution in [-0.4, -0.2) is 15.1 Å². The van der Waals surface area contributed by atoms with Gasteiger partial charge in [0.1, 0.15) is 0 Å². The number of aromatic amines is 1. The molecule has 0 radical (unpaired) electrons. The van der Waals surface area contributed by atoms with E-state index in [4.69, 9.17) is 10.3 Å². The molecule has 2 aromatic rings. The molecule has 2 heterocycles. The molecule has 1 fully saturated rings. The van der Waals surface area contributed by atoms with Crippen molar-refractivity contribution in [1.29, 1.82) is 0 Å². The molecule has 2 aromatic heterocycles. The zero-order valence-corrected chi connectivity index (χ0v) is 9.65. The topological polar surface area (TPSA) is 80.7 Å². The number of hydrogen-bond acceptors (Lipinski definition) is 4. The molecule has 0 spiro atoms. The molecule has 1 aliphatic rings. The van der Waals surface area contributed by atoms with Gasteiger partial charge >= 0.3 is 0 Å². The Morgan fingerprint density at radius 3 is 2.82 bits per heavy atom. The normalized spacial score (nSPS) is 19.4. The number of nitrogens with zero attached hydrogens (tertiary/aromatic N) is 2. The van der Waals surface area contributed by atoms with E-state index in [1.807, 2.05) is 18.3 Å². The summed E-state index contributed by atoms with van der Waals surface area (Å²) in [5.41, 5.74) is 6.78. The maximum atomic E-state index is 6.34. The number of rotatable bonds is 2. The SMILES string of the molecule is NC1(c2nc(-c3ccc[nH]3)no2)CCCCC1. The van der Waals surface area contributed by atoms with E-state index in [9.17, 15) is 0 Å². The number of H-pyrrole nitrogens is 1. The molecule has 0 aliphatic heterocycles. The molecule has 5 heteroatoms. The molecule has 17 heavy (non-hydrogen) atoms. The monoisotopic (exact) mass is 232 g/mol. The van der Waals surface area contributed by atoms with Crippen LogP contribution in [0.15, 0.2) is 22.9 Å². The Hall–Kier alpha value is -1.62. The Bertz CT molecular complexity index is 482. The van der Waals surface area contributed by atoms with Crippen LogP contribution in [0.5, 0.6) is 0 Å². The van der Waals surface area contributed by atoms with Gasteiger partial charge in [-0.25, -0.2) is 0 Å². The molecule has 1 saturated carbocycles. The Morgan fingerprint density at radius 1 is 1.29 bits per heavy atom. The van der Waals surface area contributed by atoms with E-state index in [0.717, 1.165) is 31.4 Å². The van der Waals surface area contributed by atoms with Gasteiger partial charge in [0.2, 0.25) is 11.7 Å². The van der Waals surface area contributed by atoms with E-state index in [-0.39, 0.29) is 0 Å². The molecule has 5 nitrogen and oxygen atoms in total. The van der Waals surface area contributed by atoms with Crippen LogP contribution in [0.25, 0.3) is 11.5 Å². The molecule has 0 amide bonds. The summed E-state index contributed by atoms with van der Waals surface area (Å²) in [6.07, 6.45) is 7.22. The van der Waals surface area contributed by atoms with E-state index in [1.54, 1.807) is 0 Å². The smallest absolute Gasteiger partial charge is 0.247 e. The fourth-order valence-corrected chi connectivity index (χ4v) is 2.40. The van der Waals surface area contributed by atoms with Crippen LogP contribution in [0.1, 0.15) is 38.0 Å². The van der Waals surface area contributed by atoms with Crippen molar-refractivity contribution in [3.8, 4) is 11.5 Å². The van der Waals surface area contributed by atoms with Gasteiger partial charge in [-0.3, -0.25) is 0 Å². The largest absolute Gasteiger partial charge is 0.359 e. The zero-order valence-electron chi connectivity index (χ0n) is 9.65. The van der Waals surface area contributed by atoms with Crippen molar-refractivity contribution >= 4 is 0 Å². The second-order valence-electron chi connectivity index (χ2n) is 4.72. The van der Waals surface area contributed by atoms with Gasteiger partial charge in [0, 0.05) is 6.20 Å². The summed E-state index contributed by atoms with van der Waals surface area (Å²) < 4.78 is 5.32. The summed E-state index contributed by atoms with van der Waals surface area (Å²) in [7, 11) is 0. The van der Waals surface area contributed by atoms with Crippen LogP contribution in [-0.2, 0) is 5.54 Å². The van der Waals surface area contributed by atoms with Gasteiger partial charge in [0.25, 0.3) is 0 Å². The van der Waals surface area contributed by atoms with Crippen molar-refractivity contribution < 1.29 is 4.52 Å². The highest BCUT2D eigenvalue weighted by molar-refractivity contribution is 5.48. The average molecular weight is 232 g/mol. The van der Waals surface area contributed by atoms with Crippen LogP contribution in [0, 0.1) is 0 Å². The quantitative estimate of drug-likeness (QED) is 0.831. The molecular weight excluding hydrogens is 216 g/mol. The maximum Gasteiger partial charge on any atom is 0.247 e. The minimum Gasteiger partial charge on any atom is -0.359 e. The summed E-state index contributed by atoms with van der Waals surface area (Å²) in [6, 6.07) is 3.82. The molecule has 3 N–H and O–H groups in total. The van der Waals surface area contributed by atoms with Gasteiger partial charge in [-0.2, -0.15) is 4.98 Å². The molecule has 0 saturated heterocycles. The molecule has 3 rings (SSSR count). The van der Waals surface area contributed by atoms with Crippen LogP contribution in [0.4, 0.5) is 0 Å². The Balaban J connectivity index is 1.89. The fourth-order valence-electron chi connectivity index (χ4n) is 2.40. The fraction of sp³-hybridized carbons (Fsp3) is 0.500. The Kier molecular flexibility index (Phi) is 2.48. The Morgan fingerprint density at radius 2 is 2.12 bits per heavy atom. The molecule has 0 bridgehead atoms. The van der Waals surface area contributed by atoms with Gasteiger partial charge in [0.05, 0.1) is 11.2 Å². The van der Waals surface area contributed by atoms with Crippen molar-refractivity contribution in [2.24, 2.45) is 5.73 Å². The molecule has 0 aromatic carbocycles. The van der Waals surface area contributed by atoms with Crippen molar-refractivity contribution in [2.75, 3.05) is 0 Å². The van der Waals surface area contributed by atoms with Crippen molar-refractivity contribution in [2.45, 2.75) is 37.6 Å². The summed E-state index contributed by atoms with van der Waals surface area (Å²) in [4.78, 5) is 7.47. The van der Waals surface area contributed by atoms with Gasteiger partial charge in [0.15, 0.2) is 0 Å². The number of aromatic nitrogens is 3. The molecule has 0 unspecified atom stereocenters. The summed E-state index contributed by atoms with van der Waals surface area (Å²) >= 11 is 0. The first-order valence-electron chi connectivity index (χ1n) is 6.05. The van der Waals surface area contributed by atoms with Gasteiger partial charge in [-0.05, 0) is 25.0 Å². The third-order valence-corrected chi connectivity index (χ3v) is 3.44. The number of hydrogen-bond donors (Lipinski definition) is 2. The zero-order chi connectivity index (χ0) is 11.7. The first kappa shape index (κ1) is 10.5. The van der Waals surface area contributed by atoms with Crippen molar-refractivity contribution in [3.63, 3.8) is 0 Å². The Labute approximate surface area is 99.4 Å². The van der Waals surface area contributed by atoms with Gasteiger partial charge in [-0.1, -0.05) is 24.4 Å². The van der Waals surface area contributed by atoms with E-state index in [1.165, 1.54) is 6.42 Å². The van der Waals surface area contributed by atoms with E-state index < -0.39 is 5.54 Å². The molecule has 90 valence electrons. The first-order chi connectivity index (χ1) is 8.28. The van der Waals surface area contributed by atoms with Crippen molar-refractivity contribution in [1.82, 2.24) is 15.1 Å². The first-order valence-corrected chi connectivity index (χ1v) is 6.05. The highest BCUT2D eigenvalue weighted by Gasteiger charge is 2.35. The minimum absolute atomic E-state index is 0.421. The van der Waals surface area contributed by atoms with E-state index >= 15 is 0 Å². The lowest BCUT2D eigenvalue weighted by Gasteiger charge is -2.29. The summed E-state index contributed by atoms with van der Waals surface area (Å²) in [5.74, 6) is 1.15. The van der Waals surface area contributed by atoms with Crippen LogP contribution < -0.4 is 5.73 Å². The van der Waals surface area contributed by atoms with E-state index in [2.05, 4.69) is 15.1 Å². The third-order valence-electron chi connectivity index (χ3n) is 3.44. The lowest BCUT2D eigenvalue weighted by Crippen LogP contribution is -2.38. The summed E-state index contributed by atoms with van der Waals surface area (Å²) in [5, 5.41) is 3.98. The third kappa shape index (κ3) is 1.86. The second kappa shape index (κ2) is 4.00. The van der Waals surface area contributed by atoms with Gasteiger partial charge in [-0.15, -0.1) is 0 Å². The minimum atomic E-state index is -0.421.